The van der Waals surface area contributed by atoms with Crippen molar-refractivity contribution in [1.82, 2.24) is 5.48 Å². The summed E-state index contributed by atoms with van der Waals surface area (Å²) in [5.74, 6) is 0. The van der Waals surface area contributed by atoms with Crippen LogP contribution in [0.1, 0.15) is 0 Å². The monoisotopic (exact) mass is 158 g/mol. The minimum atomic E-state index is -2.32. The lowest BCUT2D eigenvalue weighted by molar-refractivity contribution is -1.63. The van der Waals surface area contributed by atoms with Crippen molar-refractivity contribution in [2.75, 3.05) is 0 Å². The number of thiocarbonyl (C=S) groups is 1. The van der Waals surface area contributed by atoms with Crippen molar-refractivity contribution in [1.29, 1.82) is 0 Å². The fraction of sp³-hybridized carbons (Fsp3) is 0. The van der Waals surface area contributed by atoms with Gasteiger partial charge in [-0.3, -0.25) is 0 Å². The first-order valence-electron chi connectivity index (χ1n) is 1.41. The molecule has 0 aromatic carbocycles. The van der Waals surface area contributed by atoms with E-state index in [2.05, 4.69) is 16.6 Å². The number of rotatable bonds is 2. The van der Waals surface area contributed by atoms with E-state index in [1.165, 1.54) is 0 Å². The minimum Gasteiger partial charge on any atom is -0.374 e. The molecule has 0 aromatic heterocycles. The molecule has 0 bridgehead atoms. The van der Waals surface area contributed by atoms with Crippen LogP contribution in [0.25, 0.3) is 0 Å². The van der Waals surface area contributed by atoms with Crippen molar-refractivity contribution in [2.45, 2.75) is 0 Å². The molecule has 48 valence electrons. The minimum absolute atomic E-state index is 0.237. The molecule has 0 saturated carbocycles. The molecule has 0 unspecified atom stereocenters. The molecule has 0 amide bonds. The van der Waals surface area contributed by atoms with Crippen LogP contribution in [0.3, 0.4) is 0 Å². The van der Waals surface area contributed by atoms with E-state index in [1.54, 1.807) is 5.48 Å². The van der Waals surface area contributed by atoms with Gasteiger partial charge in [0.1, 0.15) is 4.39 Å². The number of nitrogens with two attached hydrogens (primary N) is 1. The van der Waals surface area contributed by atoms with Gasteiger partial charge < -0.3 is 15.1 Å². The maximum absolute atomic E-state index is 9.47. The first-order valence-corrected chi connectivity index (χ1v) is 2.74. The van der Waals surface area contributed by atoms with Crippen LogP contribution in [-0.4, -0.2) is 5.11 Å². The van der Waals surface area contributed by atoms with Gasteiger partial charge in [0.25, 0.3) is 0 Å². The van der Waals surface area contributed by atoms with Gasteiger partial charge >= 0.3 is 10.8 Å². The van der Waals surface area contributed by atoms with E-state index >= 15 is 0 Å². The third-order valence-electron chi connectivity index (χ3n) is 0.202. The van der Waals surface area contributed by atoms with Crippen LogP contribution in [0.15, 0.2) is 0 Å². The summed E-state index contributed by atoms with van der Waals surface area (Å²) in [7, 11) is -2.32. The maximum Gasteiger partial charge on any atom is 0.319 e. The molecule has 0 saturated heterocycles. The van der Waals surface area contributed by atoms with E-state index in [4.69, 9.17) is 5.73 Å². The highest BCUT2D eigenvalue weighted by molar-refractivity contribution is 7.80. The van der Waals surface area contributed by atoms with Gasteiger partial charge in [0.2, 0.25) is 0 Å². The van der Waals surface area contributed by atoms with Gasteiger partial charge in [-0.2, -0.15) is 0 Å². The molecule has 7 heteroatoms. The molecule has 0 radical (unpaired) electrons. The van der Waals surface area contributed by atoms with Crippen LogP contribution < -0.4 is 20.5 Å². The summed E-state index contributed by atoms with van der Waals surface area (Å²) < 4.78 is 22.6. The molecule has 0 aliphatic rings. The van der Waals surface area contributed by atoms with E-state index in [9.17, 15) is 9.32 Å². The highest BCUT2D eigenvalue weighted by Crippen LogP contribution is 1.67. The smallest absolute Gasteiger partial charge is 0.319 e. The zero-order valence-electron chi connectivity index (χ0n) is 3.59. The van der Waals surface area contributed by atoms with E-state index < -0.39 is 10.8 Å². The number of nitrogens with one attached hydrogen (secondary N) is 1. The van der Waals surface area contributed by atoms with E-state index in [-0.39, 0.29) is 5.11 Å². The van der Waals surface area contributed by atoms with Gasteiger partial charge in [-0.25, -0.2) is 0 Å². The Bertz CT molecular complexity index is 87.4. The maximum atomic E-state index is 9.47. The van der Waals surface area contributed by atoms with Gasteiger partial charge in [0, 0.05) is 0 Å². The summed E-state index contributed by atoms with van der Waals surface area (Å²) in [6.07, 6.45) is 0. The first kappa shape index (κ1) is 7.86. The SMILES string of the molecule is NC(=S)NO[Cl+2]([O-])[O-]. The van der Waals surface area contributed by atoms with Crippen molar-refractivity contribution >= 4 is 17.3 Å². The van der Waals surface area contributed by atoms with Gasteiger partial charge in [-0.1, -0.05) is 0 Å². The zero-order chi connectivity index (χ0) is 6.57. The lowest BCUT2D eigenvalue weighted by Crippen LogP contribution is -2.42. The molecule has 0 aliphatic carbocycles. The predicted octanol–water partition coefficient (Wildman–Crippen LogP) is -3.16. The molecule has 0 aromatic rings. The summed E-state index contributed by atoms with van der Waals surface area (Å²) >= 11 is 4.18. The van der Waals surface area contributed by atoms with Gasteiger partial charge in [-0.15, -0.1) is 5.48 Å². The van der Waals surface area contributed by atoms with Crippen molar-refractivity contribution < 1.29 is 24.5 Å². The Labute approximate surface area is 53.8 Å². The molecule has 0 heterocycles. The summed E-state index contributed by atoms with van der Waals surface area (Å²) in [5.41, 5.74) is 6.48. The highest BCUT2D eigenvalue weighted by atomic mass is 35.6. The number of hydrogen-bond donors (Lipinski definition) is 2. The molecule has 0 rings (SSSR count). The molecule has 0 spiro atoms. The van der Waals surface area contributed by atoms with Gasteiger partial charge in [0.05, 0.1) is 0 Å². The van der Waals surface area contributed by atoms with Crippen molar-refractivity contribution in [3.63, 3.8) is 0 Å². The second kappa shape index (κ2) is 3.81. The molecular weight excluding hydrogens is 156 g/mol. The van der Waals surface area contributed by atoms with Crippen LogP contribution in [0.2, 0.25) is 0 Å². The predicted molar refractivity (Wildman–Crippen MR) is 21.0 cm³/mol. The fourth-order valence-corrected chi connectivity index (χ4v) is 0.303. The van der Waals surface area contributed by atoms with E-state index in [1.807, 2.05) is 0 Å². The second-order valence-corrected chi connectivity index (χ2v) is 1.70. The molecule has 0 fully saturated rings. The van der Waals surface area contributed by atoms with Gasteiger partial charge in [-0.05, 0) is 12.2 Å². The first-order chi connectivity index (χ1) is 3.63. The Morgan fingerprint density at radius 1 is 1.75 bits per heavy atom. The van der Waals surface area contributed by atoms with E-state index in [0.29, 0.717) is 0 Å². The van der Waals surface area contributed by atoms with Crippen LogP contribution >= 0.6 is 12.2 Å². The van der Waals surface area contributed by atoms with Crippen LogP contribution in [0.5, 0.6) is 0 Å². The quantitative estimate of drug-likeness (QED) is 0.326. The standard InChI is InChI=1S/CH3ClN2O3S/c3-1(8)4-7-2(5)6/h(H3,3,4,8). The third kappa shape index (κ3) is 5.86. The van der Waals surface area contributed by atoms with Crippen molar-refractivity contribution in [3.8, 4) is 0 Å². The Hall–Kier alpha value is -0.140. The second-order valence-electron chi connectivity index (χ2n) is 0.732. The molecule has 0 atom stereocenters. The molecule has 0 aliphatic heterocycles. The van der Waals surface area contributed by atoms with Crippen molar-refractivity contribution in [3.05, 3.63) is 0 Å². The normalized spacial score (nSPS) is 9.38. The third-order valence-corrected chi connectivity index (χ3v) is 0.489. The van der Waals surface area contributed by atoms with Crippen LogP contribution in [0.4, 0.5) is 0 Å². The fourth-order valence-electron chi connectivity index (χ4n) is 0.0695. The molecule has 3 N–H and O–H groups in total. The molecular formula is CH3ClN2O3S. The summed E-state index contributed by atoms with van der Waals surface area (Å²) in [5, 5.41) is -0.237. The molecule has 5 nitrogen and oxygen atoms in total. The average Bonchev–Trinajstić information content (AvgIpc) is 1.61. The lowest BCUT2D eigenvalue weighted by atomic mass is 11.2. The average molecular weight is 159 g/mol. The largest absolute Gasteiger partial charge is 0.374 e. The van der Waals surface area contributed by atoms with Crippen LogP contribution in [0, 0.1) is 10.8 Å². The van der Waals surface area contributed by atoms with E-state index in [0.717, 1.165) is 0 Å². The summed E-state index contributed by atoms with van der Waals surface area (Å²) in [4.78, 5) is 0. The number of halogens is 1. The lowest BCUT2D eigenvalue weighted by Gasteiger charge is -1.92. The highest BCUT2D eigenvalue weighted by Gasteiger charge is 2.04. The Balaban J connectivity index is 3.05. The van der Waals surface area contributed by atoms with Gasteiger partial charge in [0.15, 0.2) is 5.11 Å². The zero-order valence-corrected chi connectivity index (χ0v) is 5.16. The van der Waals surface area contributed by atoms with Crippen molar-refractivity contribution in [2.24, 2.45) is 5.73 Å². The Kier molecular flexibility index (Phi) is 3.75. The Morgan fingerprint density at radius 3 is 2.38 bits per heavy atom. The number of hydroxylamine groups is 1. The van der Waals surface area contributed by atoms with Crippen LogP contribution in [-0.2, 0) is 4.39 Å². The molecule has 8 heavy (non-hydrogen) atoms. The summed E-state index contributed by atoms with van der Waals surface area (Å²) in [6, 6.07) is 0. The number of hydrogen-bond acceptors (Lipinski definition) is 4. The Morgan fingerprint density at radius 2 is 2.25 bits per heavy atom. The summed E-state index contributed by atoms with van der Waals surface area (Å²) in [6.45, 7) is 0. The topological polar surface area (TPSA) is 93.4 Å².